The van der Waals surface area contributed by atoms with E-state index in [2.05, 4.69) is 4.98 Å². The number of benzene rings is 1. The van der Waals surface area contributed by atoms with Crippen molar-refractivity contribution >= 4 is 38.2 Å². The van der Waals surface area contributed by atoms with E-state index in [1.807, 2.05) is 6.07 Å². The number of nitrogens with zero attached hydrogens (tertiary/aromatic N) is 2. The Balaban J connectivity index is 1.70. The van der Waals surface area contributed by atoms with Gasteiger partial charge in [-0.05, 0) is 30.7 Å². The lowest BCUT2D eigenvalue weighted by Gasteiger charge is -2.23. The van der Waals surface area contributed by atoms with Crippen LogP contribution in [0.15, 0.2) is 30.5 Å². The average Bonchev–Trinajstić information content (AvgIpc) is 2.93. The number of hydrogen-bond donors (Lipinski definition) is 0. The molecule has 1 aliphatic rings. The van der Waals surface area contributed by atoms with Crippen LogP contribution in [0.3, 0.4) is 0 Å². The van der Waals surface area contributed by atoms with E-state index < -0.39 is 9.84 Å². The van der Waals surface area contributed by atoms with E-state index in [1.54, 1.807) is 31.4 Å². The first-order valence-electron chi connectivity index (χ1n) is 7.49. The van der Waals surface area contributed by atoms with E-state index in [1.165, 1.54) is 4.90 Å². The molecule has 1 saturated heterocycles. The van der Waals surface area contributed by atoms with E-state index >= 15 is 0 Å². The third-order valence-electron chi connectivity index (χ3n) is 4.18. The van der Waals surface area contributed by atoms with E-state index in [0.717, 1.165) is 5.39 Å². The fraction of sp³-hybridized carbons (Fsp3) is 0.375. The number of carbonyl (C=O) groups is 1. The molecule has 0 bridgehead atoms. The number of amides is 1. The van der Waals surface area contributed by atoms with Gasteiger partial charge in [0.15, 0.2) is 16.4 Å². The van der Waals surface area contributed by atoms with Crippen LogP contribution >= 0.6 is 11.6 Å². The number of carbonyl (C=O) groups excluding carboxylic acids is 1. The maximum atomic E-state index is 12.3. The molecule has 2 heterocycles. The molecule has 1 fully saturated rings. The van der Waals surface area contributed by atoms with Crippen molar-refractivity contribution in [2.75, 3.05) is 25.2 Å². The predicted molar refractivity (Wildman–Crippen MR) is 92.1 cm³/mol. The third kappa shape index (κ3) is 3.47. The molecule has 24 heavy (non-hydrogen) atoms. The largest absolute Gasteiger partial charge is 0.481 e. The minimum Gasteiger partial charge on any atom is -0.481 e. The van der Waals surface area contributed by atoms with Gasteiger partial charge in [-0.2, -0.15) is 0 Å². The van der Waals surface area contributed by atoms with Gasteiger partial charge in [-0.15, -0.1) is 0 Å². The molecular formula is C16H17ClN2O4S. The first kappa shape index (κ1) is 17.0. The number of rotatable bonds is 4. The predicted octanol–water partition coefficient (Wildman–Crippen LogP) is 1.91. The van der Waals surface area contributed by atoms with Gasteiger partial charge < -0.3 is 9.64 Å². The molecule has 8 heteroatoms. The van der Waals surface area contributed by atoms with Crippen molar-refractivity contribution in [2.45, 2.75) is 12.5 Å². The summed E-state index contributed by atoms with van der Waals surface area (Å²) in [6.45, 7) is -0.180. The lowest BCUT2D eigenvalue weighted by molar-refractivity contribution is -0.133. The molecular weight excluding hydrogens is 352 g/mol. The molecule has 1 aromatic heterocycles. The minimum atomic E-state index is -3.03. The van der Waals surface area contributed by atoms with Crippen molar-refractivity contribution in [1.29, 1.82) is 0 Å². The maximum absolute atomic E-state index is 12.3. The molecule has 1 aliphatic heterocycles. The Kier molecular flexibility index (Phi) is 4.64. The SMILES string of the molecule is CN(C(=O)COc1ccc(Cl)c2cccnc12)[C@@H]1CCS(=O)(=O)C1. The number of likely N-dealkylation sites (N-methyl/N-ethyl adjacent to an activating group) is 1. The summed E-state index contributed by atoms with van der Waals surface area (Å²) in [7, 11) is -1.43. The van der Waals surface area contributed by atoms with Crippen LogP contribution in [-0.4, -0.2) is 55.4 Å². The number of hydrogen-bond acceptors (Lipinski definition) is 5. The zero-order valence-corrected chi connectivity index (χ0v) is 14.7. The molecule has 1 atom stereocenters. The summed E-state index contributed by atoms with van der Waals surface area (Å²) in [4.78, 5) is 18.0. The van der Waals surface area contributed by atoms with Gasteiger partial charge in [-0.3, -0.25) is 9.78 Å². The molecule has 0 aliphatic carbocycles. The fourth-order valence-electron chi connectivity index (χ4n) is 2.75. The average molecular weight is 369 g/mol. The molecule has 3 rings (SSSR count). The number of fused-ring (bicyclic) bond motifs is 1. The Morgan fingerprint density at radius 3 is 2.92 bits per heavy atom. The summed E-state index contributed by atoms with van der Waals surface area (Å²) in [5.74, 6) is 0.342. The normalized spacial score (nSPS) is 19.3. The van der Waals surface area contributed by atoms with Gasteiger partial charge >= 0.3 is 0 Å². The summed E-state index contributed by atoms with van der Waals surface area (Å²) >= 11 is 6.13. The first-order valence-corrected chi connectivity index (χ1v) is 9.69. The maximum Gasteiger partial charge on any atom is 0.260 e. The summed E-state index contributed by atoms with van der Waals surface area (Å²) in [5, 5.41) is 1.31. The van der Waals surface area contributed by atoms with Crippen LogP contribution in [0.2, 0.25) is 5.02 Å². The van der Waals surface area contributed by atoms with Crippen LogP contribution in [0.5, 0.6) is 5.75 Å². The minimum absolute atomic E-state index is 0.0146. The monoisotopic (exact) mass is 368 g/mol. The topological polar surface area (TPSA) is 76.6 Å². The number of sulfone groups is 1. The molecule has 0 spiro atoms. The Labute approximate surface area is 145 Å². The quantitative estimate of drug-likeness (QED) is 0.824. The van der Waals surface area contributed by atoms with Gasteiger partial charge in [0, 0.05) is 24.7 Å². The van der Waals surface area contributed by atoms with Crippen LogP contribution in [0.25, 0.3) is 10.9 Å². The smallest absolute Gasteiger partial charge is 0.260 e. The van der Waals surface area contributed by atoms with E-state index in [9.17, 15) is 13.2 Å². The Morgan fingerprint density at radius 2 is 2.21 bits per heavy atom. The number of pyridine rings is 1. The second kappa shape index (κ2) is 6.57. The molecule has 0 N–H and O–H groups in total. The van der Waals surface area contributed by atoms with Crippen molar-refractivity contribution in [3.05, 3.63) is 35.5 Å². The lowest BCUT2D eigenvalue weighted by atomic mass is 10.2. The Bertz CT molecular complexity index is 885. The van der Waals surface area contributed by atoms with Crippen molar-refractivity contribution in [1.82, 2.24) is 9.88 Å². The van der Waals surface area contributed by atoms with Crippen LogP contribution in [0.1, 0.15) is 6.42 Å². The molecule has 2 aromatic rings. The number of halogens is 1. The Morgan fingerprint density at radius 1 is 1.42 bits per heavy atom. The molecule has 128 valence electrons. The van der Waals surface area contributed by atoms with Crippen LogP contribution in [0, 0.1) is 0 Å². The molecule has 0 radical (unpaired) electrons. The molecule has 6 nitrogen and oxygen atoms in total. The highest BCUT2D eigenvalue weighted by atomic mass is 35.5. The highest BCUT2D eigenvalue weighted by Gasteiger charge is 2.32. The Hall–Kier alpha value is -1.86. The fourth-order valence-corrected chi connectivity index (χ4v) is 4.74. The van der Waals surface area contributed by atoms with Gasteiger partial charge in [-0.1, -0.05) is 11.6 Å². The van der Waals surface area contributed by atoms with Crippen molar-refractivity contribution < 1.29 is 17.9 Å². The number of aromatic nitrogens is 1. The van der Waals surface area contributed by atoms with Gasteiger partial charge in [0.05, 0.1) is 16.5 Å². The van der Waals surface area contributed by atoms with Crippen molar-refractivity contribution in [3.8, 4) is 5.75 Å². The second-order valence-electron chi connectivity index (χ2n) is 5.80. The molecule has 1 aromatic carbocycles. The van der Waals surface area contributed by atoms with Crippen LogP contribution in [-0.2, 0) is 14.6 Å². The standard InChI is InChI=1S/C16H17ClN2O4S/c1-19(11-6-8-24(21,22)10-11)15(20)9-23-14-5-4-13(17)12-3-2-7-18-16(12)14/h2-5,7,11H,6,8-10H2,1H3/t11-/m1/s1. The summed E-state index contributed by atoms with van der Waals surface area (Å²) in [5.41, 5.74) is 0.587. The summed E-state index contributed by atoms with van der Waals surface area (Å²) in [6, 6.07) is 6.68. The number of ether oxygens (including phenoxy) is 1. The highest BCUT2D eigenvalue weighted by Crippen LogP contribution is 2.29. The van der Waals surface area contributed by atoms with Crippen LogP contribution < -0.4 is 4.74 Å². The lowest BCUT2D eigenvalue weighted by Crippen LogP contribution is -2.40. The highest BCUT2D eigenvalue weighted by molar-refractivity contribution is 7.91. The summed E-state index contributed by atoms with van der Waals surface area (Å²) in [6.07, 6.45) is 2.10. The molecule has 0 saturated carbocycles. The van der Waals surface area contributed by atoms with E-state index in [0.29, 0.717) is 22.7 Å². The van der Waals surface area contributed by atoms with Crippen molar-refractivity contribution in [2.24, 2.45) is 0 Å². The van der Waals surface area contributed by atoms with Gasteiger partial charge in [0.25, 0.3) is 5.91 Å². The van der Waals surface area contributed by atoms with E-state index in [-0.39, 0.29) is 30.1 Å². The third-order valence-corrected chi connectivity index (χ3v) is 6.26. The van der Waals surface area contributed by atoms with Gasteiger partial charge in [-0.25, -0.2) is 8.42 Å². The van der Waals surface area contributed by atoms with E-state index in [4.69, 9.17) is 16.3 Å². The van der Waals surface area contributed by atoms with Crippen molar-refractivity contribution in [3.63, 3.8) is 0 Å². The first-order chi connectivity index (χ1) is 11.4. The zero-order valence-electron chi connectivity index (χ0n) is 13.1. The van der Waals surface area contributed by atoms with Crippen LogP contribution in [0.4, 0.5) is 0 Å². The summed E-state index contributed by atoms with van der Waals surface area (Å²) < 4.78 is 28.7. The molecule has 1 amide bonds. The zero-order chi connectivity index (χ0) is 17.3. The molecule has 0 unspecified atom stereocenters. The van der Waals surface area contributed by atoms with Gasteiger partial charge in [0.1, 0.15) is 11.3 Å². The van der Waals surface area contributed by atoms with Gasteiger partial charge in [0.2, 0.25) is 0 Å². The second-order valence-corrected chi connectivity index (χ2v) is 8.43.